The van der Waals surface area contributed by atoms with Gasteiger partial charge in [0, 0.05) is 52.4 Å². The van der Waals surface area contributed by atoms with Crippen LogP contribution >= 0.6 is 0 Å². The van der Waals surface area contributed by atoms with Crippen molar-refractivity contribution in [2.75, 3.05) is 0 Å². The van der Waals surface area contributed by atoms with E-state index >= 15 is 0 Å². The molecule has 7 heavy (non-hydrogen) atoms. The van der Waals surface area contributed by atoms with Crippen LogP contribution in [0.15, 0.2) is 0 Å². The summed E-state index contributed by atoms with van der Waals surface area (Å²) in [6.07, 6.45) is 0. The van der Waals surface area contributed by atoms with E-state index in [-0.39, 0.29) is 151 Å². The Morgan fingerprint density at radius 3 is 0.429 bits per heavy atom. The van der Waals surface area contributed by atoms with Crippen LogP contribution in [0.4, 0.5) is 0 Å². The molecular formula is O3Pr2Zr2. The first-order chi connectivity index (χ1) is 0. The van der Waals surface area contributed by atoms with Gasteiger partial charge in [-0.2, -0.15) is 0 Å². The Kier molecular flexibility index (Phi) is 436. The minimum Gasteiger partial charge on any atom is -2.00 e. The minimum absolute atomic E-state index is 0. The maximum atomic E-state index is 0. The third-order valence-corrected chi connectivity index (χ3v) is 0. The van der Waals surface area contributed by atoms with Gasteiger partial charge in [0.25, 0.3) is 0 Å². The van der Waals surface area contributed by atoms with Crippen molar-refractivity contribution in [1.29, 1.82) is 0 Å². The smallest absolute Gasteiger partial charge is 2.00 e. The molecule has 0 aliphatic carbocycles. The fourth-order valence-electron chi connectivity index (χ4n) is 0. The van der Waals surface area contributed by atoms with Crippen LogP contribution in [0.25, 0.3) is 0 Å². The molecule has 0 aromatic rings. The molecule has 3 nitrogen and oxygen atoms in total. The average Bonchev–Trinajstić information content (AvgIpc) is 0. The van der Waals surface area contributed by atoms with Crippen LogP contribution in [-0.2, 0) is 68.8 Å². The summed E-state index contributed by atoms with van der Waals surface area (Å²) in [7, 11) is 0. The molecular weight excluding hydrogens is 512 g/mol. The van der Waals surface area contributed by atoms with E-state index in [1.54, 1.807) is 0 Å². The summed E-state index contributed by atoms with van der Waals surface area (Å²) in [5, 5.41) is 0. The van der Waals surface area contributed by atoms with Crippen molar-refractivity contribution in [3.8, 4) is 0 Å². The van der Waals surface area contributed by atoms with Crippen molar-refractivity contribution in [3.05, 3.63) is 0 Å². The van der Waals surface area contributed by atoms with Gasteiger partial charge in [0.1, 0.15) is 0 Å². The van der Waals surface area contributed by atoms with Crippen molar-refractivity contribution in [2.24, 2.45) is 0 Å². The van der Waals surface area contributed by atoms with Crippen LogP contribution in [0.3, 0.4) is 0 Å². The Labute approximate surface area is 147 Å². The van der Waals surface area contributed by atoms with E-state index in [0.29, 0.717) is 0 Å². The van der Waals surface area contributed by atoms with Gasteiger partial charge in [0.15, 0.2) is 0 Å². The average molecular weight is 512 g/mol. The standard InChI is InChI=1S/3O.2Pr.2Zr/q3*-2;2*+3;;. The van der Waals surface area contributed by atoms with Crippen molar-refractivity contribution >= 4 is 0 Å². The second-order valence-corrected chi connectivity index (χ2v) is 0. The zero-order valence-corrected chi connectivity index (χ0v) is 15.7. The maximum absolute atomic E-state index is 0. The zero-order chi connectivity index (χ0) is 0. The molecule has 0 atom stereocenters. The molecule has 0 aromatic carbocycles. The van der Waals surface area contributed by atoms with Crippen molar-refractivity contribution in [1.82, 2.24) is 0 Å². The van der Waals surface area contributed by atoms with Crippen LogP contribution in [-0.4, -0.2) is 0 Å². The maximum Gasteiger partial charge on any atom is 3.00 e. The molecule has 0 saturated carbocycles. The predicted octanol–water partition coefficient (Wildman–Crippen LogP) is -0.361. The molecule has 32 valence electrons. The van der Waals surface area contributed by atoms with Gasteiger partial charge in [-0.1, -0.05) is 0 Å². The van der Waals surface area contributed by atoms with Crippen LogP contribution in [0.1, 0.15) is 0 Å². The zero-order valence-electron chi connectivity index (χ0n) is 3.38. The van der Waals surface area contributed by atoms with Crippen molar-refractivity contribution in [2.45, 2.75) is 0 Å². The first-order valence-electron chi connectivity index (χ1n) is 0. The molecule has 0 aliphatic heterocycles. The molecule has 0 aliphatic rings. The molecule has 0 unspecified atom stereocenters. The van der Waals surface area contributed by atoms with Gasteiger partial charge >= 0.3 is 82.6 Å². The van der Waals surface area contributed by atoms with E-state index in [4.69, 9.17) is 0 Å². The molecule has 0 rings (SSSR count). The Morgan fingerprint density at radius 2 is 0.429 bits per heavy atom. The topological polar surface area (TPSA) is 85.5 Å². The van der Waals surface area contributed by atoms with Gasteiger partial charge in [0.05, 0.1) is 0 Å². The number of hydrogen-bond acceptors (Lipinski definition) is 0. The second-order valence-electron chi connectivity index (χ2n) is 0. The molecule has 0 spiro atoms. The Hall–Kier alpha value is 4.37. The largest absolute Gasteiger partial charge is 3.00 e. The molecule has 7 heteroatoms. The molecule has 0 saturated heterocycles. The van der Waals surface area contributed by atoms with Gasteiger partial charge < -0.3 is 16.4 Å². The summed E-state index contributed by atoms with van der Waals surface area (Å²) in [6, 6.07) is 0. The van der Waals surface area contributed by atoms with E-state index in [9.17, 15) is 0 Å². The minimum atomic E-state index is 0. The van der Waals surface area contributed by atoms with Gasteiger partial charge in [-0.3, -0.25) is 0 Å². The molecule has 0 radical (unpaired) electrons. The SMILES string of the molecule is [O-2].[O-2].[O-2].[Pr+3].[Pr+3].[Zr].[Zr]. The van der Waals surface area contributed by atoms with Crippen molar-refractivity contribution in [3.63, 3.8) is 0 Å². The molecule has 0 amide bonds. The summed E-state index contributed by atoms with van der Waals surface area (Å²) in [5.74, 6) is 0. The molecule has 0 fully saturated rings. The summed E-state index contributed by atoms with van der Waals surface area (Å²) in [4.78, 5) is 0. The van der Waals surface area contributed by atoms with Crippen LogP contribution in [0.2, 0.25) is 0 Å². The van der Waals surface area contributed by atoms with Crippen LogP contribution in [0.5, 0.6) is 0 Å². The summed E-state index contributed by atoms with van der Waals surface area (Å²) >= 11 is 0. The molecule has 0 heterocycles. The van der Waals surface area contributed by atoms with Gasteiger partial charge in [-0.15, -0.1) is 0 Å². The van der Waals surface area contributed by atoms with E-state index in [2.05, 4.69) is 0 Å². The third-order valence-electron chi connectivity index (χ3n) is 0. The number of rotatable bonds is 0. The van der Waals surface area contributed by atoms with Gasteiger partial charge in [-0.05, 0) is 0 Å². The monoisotopic (exact) mass is 510 g/mol. The van der Waals surface area contributed by atoms with E-state index < -0.39 is 0 Å². The third kappa shape index (κ3) is 38.0. The van der Waals surface area contributed by atoms with E-state index in [1.807, 2.05) is 0 Å². The van der Waals surface area contributed by atoms with E-state index in [0.717, 1.165) is 0 Å². The second kappa shape index (κ2) is 47.7. The Bertz CT molecular complexity index is 10.9. The van der Waals surface area contributed by atoms with Gasteiger partial charge in [0.2, 0.25) is 0 Å². The van der Waals surface area contributed by atoms with Crippen LogP contribution < -0.4 is 0 Å². The van der Waals surface area contributed by atoms with Crippen LogP contribution in [0, 0.1) is 82.6 Å². The van der Waals surface area contributed by atoms with Crippen molar-refractivity contribution < 1.29 is 151 Å². The Morgan fingerprint density at radius 1 is 0.429 bits per heavy atom. The first-order valence-corrected chi connectivity index (χ1v) is 0. The molecule has 0 aromatic heterocycles. The normalized spacial score (nSPS) is 0. The summed E-state index contributed by atoms with van der Waals surface area (Å²) in [5.41, 5.74) is 0. The predicted molar refractivity (Wildman–Crippen MR) is 2.06 cm³/mol. The first kappa shape index (κ1) is 64.0. The quantitative estimate of drug-likeness (QED) is 0.425. The number of hydrogen-bond donors (Lipinski definition) is 0. The summed E-state index contributed by atoms with van der Waals surface area (Å²) < 4.78 is 0. The fraction of sp³-hybridized carbons (Fsp3) is 0. The Balaban J connectivity index is 0. The van der Waals surface area contributed by atoms with Gasteiger partial charge in [-0.25, -0.2) is 0 Å². The van der Waals surface area contributed by atoms with E-state index in [1.165, 1.54) is 0 Å². The molecule has 0 N–H and O–H groups in total. The molecule has 0 bridgehead atoms. The fourth-order valence-corrected chi connectivity index (χ4v) is 0. The summed E-state index contributed by atoms with van der Waals surface area (Å²) in [6.45, 7) is 0.